The molecule has 0 saturated carbocycles. The molecule has 2 rings (SSSR count). The van der Waals surface area contributed by atoms with Gasteiger partial charge in [-0.1, -0.05) is 22.0 Å². The molecule has 104 valence electrons. The van der Waals surface area contributed by atoms with Crippen LogP contribution in [0.3, 0.4) is 0 Å². The average Bonchev–Trinajstić information content (AvgIpc) is 2.33. The molecule has 0 radical (unpaired) electrons. The lowest BCUT2D eigenvalue weighted by atomic mass is 9.98. The zero-order valence-electron chi connectivity index (χ0n) is 11.8. The molecular formula is C15H21BrN2O. The summed E-state index contributed by atoms with van der Waals surface area (Å²) in [6.45, 7) is 8.81. The van der Waals surface area contributed by atoms with Crippen LogP contribution in [-0.2, 0) is 11.2 Å². The molecule has 0 bridgehead atoms. The third kappa shape index (κ3) is 3.37. The Kier molecular flexibility index (Phi) is 4.31. The maximum absolute atomic E-state index is 12.5. The monoisotopic (exact) mass is 324 g/mol. The lowest BCUT2D eigenvalue weighted by Crippen LogP contribution is -2.60. The van der Waals surface area contributed by atoms with Gasteiger partial charge in [0.15, 0.2) is 0 Å². The van der Waals surface area contributed by atoms with Gasteiger partial charge < -0.3 is 10.2 Å². The molecule has 0 aliphatic carbocycles. The molecule has 1 aromatic rings. The van der Waals surface area contributed by atoms with E-state index in [2.05, 4.69) is 48.1 Å². The summed E-state index contributed by atoms with van der Waals surface area (Å²) in [5, 5.41) is 3.34. The number of aryl methyl sites for hydroxylation is 1. The van der Waals surface area contributed by atoms with Crippen molar-refractivity contribution < 1.29 is 4.79 Å². The van der Waals surface area contributed by atoms with Gasteiger partial charge in [0.2, 0.25) is 5.91 Å². The number of piperazine rings is 1. The SMILES string of the molecule is Cc1ccc(Br)cc1CC(=O)N1CCNCC1(C)C. The average molecular weight is 325 g/mol. The number of hydrogen-bond donors (Lipinski definition) is 1. The number of amides is 1. The zero-order valence-corrected chi connectivity index (χ0v) is 13.4. The van der Waals surface area contributed by atoms with Gasteiger partial charge in [-0.3, -0.25) is 4.79 Å². The summed E-state index contributed by atoms with van der Waals surface area (Å²) in [7, 11) is 0. The fourth-order valence-electron chi connectivity index (χ4n) is 2.53. The summed E-state index contributed by atoms with van der Waals surface area (Å²) in [4.78, 5) is 14.5. The number of halogens is 1. The lowest BCUT2D eigenvalue weighted by Gasteiger charge is -2.43. The van der Waals surface area contributed by atoms with Gasteiger partial charge in [0, 0.05) is 29.6 Å². The molecule has 3 nitrogen and oxygen atoms in total. The maximum Gasteiger partial charge on any atom is 0.227 e. The normalized spacial score (nSPS) is 18.4. The first-order chi connectivity index (χ1) is 8.90. The number of nitrogens with one attached hydrogen (secondary N) is 1. The Morgan fingerprint density at radius 3 is 2.89 bits per heavy atom. The second-order valence-electron chi connectivity index (χ2n) is 5.78. The van der Waals surface area contributed by atoms with E-state index in [0.29, 0.717) is 6.42 Å². The Balaban J connectivity index is 2.14. The number of benzene rings is 1. The maximum atomic E-state index is 12.5. The summed E-state index contributed by atoms with van der Waals surface area (Å²) in [5.74, 6) is 0.215. The van der Waals surface area contributed by atoms with Crippen LogP contribution in [0.15, 0.2) is 22.7 Å². The number of hydrogen-bond acceptors (Lipinski definition) is 2. The molecule has 1 fully saturated rings. The van der Waals surface area contributed by atoms with E-state index < -0.39 is 0 Å². The van der Waals surface area contributed by atoms with Crippen LogP contribution in [0.5, 0.6) is 0 Å². The van der Waals surface area contributed by atoms with Crippen LogP contribution in [0.25, 0.3) is 0 Å². The van der Waals surface area contributed by atoms with Gasteiger partial charge in [-0.15, -0.1) is 0 Å². The van der Waals surface area contributed by atoms with E-state index >= 15 is 0 Å². The van der Waals surface area contributed by atoms with E-state index in [4.69, 9.17) is 0 Å². The highest BCUT2D eigenvalue weighted by atomic mass is 79.9. The first kappa shape index (κ1) is 14.5. The molecule has 0 spiro atoms. The molecule has 1 saturated heterocycles. The number of rotatable bonds is 2. The predicted octanol–water partition coefficient (Wildman–Crippen LogP) is 2.51. The third-order valence-corrected chi connectivity index (χ3v) is 4.25. The third-order valence-electron chi connectivity index (χ3n) is 3.75. The van der Waals surface area contributed by atoms with Gasteiger partial charge in [-0.25, -0.2) is 0 Å². The van der Waals surface area contributed by atoms with Crippen molar-refractivity contribution in [1.82, 2.24) is 10.2 Å². The standard InChI is InChI=1S/C15H21BrN2O/c1-11-4-5-13(16)8-12(11)9-14(19)18-7-6-17-10-15(18,2)3/h4-5,8,17H,6-7,9-10H2,1-3H3. The van der Waals surface area contributed by atoms with Crippen molar-refractivity contribution in [2.45, 2.75) is 32.7 Å². The second-order valence-corrected chi connectivity index (χ2v) is 6.70. The van der Waals surface area contributed by atoms with E-state index in [1.165, 1.54) is 5.56 Å². The van der Waals surface area contributed by atoms with Gasteiger partial charge in [-0.2, -0.15) is 0 Å². The van der Waals surface area contributed by atoms with Crippen molar-refractivity contribution in [3.05, 3.63) is 33.8 Å². The van der Waals surface area contributed by atoms with Crippen LogP contribution in [0.1, 0.15) is 25.0 Å². The molecule has 1 aliphatic rings. The summed E-state index contributed by atoms with van der Waals surface area (Å²) >= 11 is 3.47. The molecule has 1 N–H and O–H groups in total. The molecule has 0 aromatic heterocycles. The summed E-state index contributed by atoms with van der Waals surface area (Å²) < 4.78 is 1.03. The fraction of sp³-hybridized carbons (Fsp3) is 0.533. The second kappa shape index (κ2) is 5.63. The minimum absolute atomic E-state index is 0.102. The molecule has 1 amide bonds. The highest BCUT2D eigenvalue weighted by Crippen LogP contribution is 2.21. The van der Waals surface area contributed by atoms with Gasteiger partial charge >= 0.3 is 0 Å². The Morgan fingerprint density at radius 1 is 1.47 bits per heavy atom. The highest BCUT2D eigenvalue weighted by Gasteiger charge is 2.32. The number of nitrogens with zero attached hydrogens (tertiary/aromatic N) is 1. The van der Waals surface area contributed by atoms with Gasteiger partial charge in [-0.05, 0) is 44.0 Å². The quantitative estimate of drug-likeness (QED) is 0.906. The molecule has 1 aliphatic heterocycles. The summed E-state index contributed by atoms with van der Waals surface area (Å²) in [6.07, 6.45) is 0.481. The van der Waals surface area contributed by atoms with Gasteiger partial charge in [0.1, 0.15) is 0 Å². The van der Waals surface area contributed by atoms with Crippen molar-refractivity contribution in [3.8, 4) is 0 Å². The Morgan fingerprint density at radius 2 is 2.21 bits per heavy atom. The largest absolute Gasteiger partial charge is 0.335 e. The van der Waals surface area contributed by atoms with Crippen molar-refractivity contribution in [2.75, 3.05) is 19.6 Å². The summed E-state index contributed by atoms with van der Waals surface area (Å²) in [5.41, 5.74) is 2.17. The Hall–Kier alpha value is -0.870. The van der Waals surface area contributed by atoms with Crippen molar-refractivity contribution in [3.63, 3.8) is 0 Å². The van der Waals surface area contributed by atoms with E-state index in [0.717, 1.165) is 29.7 Å². The molecule has 19 heavy (non-hydrogen) atoms. The predicted molar refractivity (Wildman–Crippen MR) is 81.2 cm³/mol. The fourth-order valence-corrected chi connectivity index (χ4v) is 2.94. The van der Waals surface area contributed by atoms with Crippen molar-refractivity contribution in [1.29, 1.82) is 0 Å². The highest BCUT2D eigenvalue weighted by molar-refractivity contribution is 9.10. The van der Waals surface area contributed by atoms with E-state index in [1.54, 1.807) is 0 Å². The molecule has 0 unspecified atom stereocenters. The molecule has 4 heteroatoms. The first-order valence-electron chi connectivity index (χ1n) is 6.66. The minimum Gasteiger partial charge on any atom is -0.335 e. The van der Waals surface area contributed by atoms with Crippen LogP contribution in [0.4, 0.5) is 0 Å². The van der Waals surface area contributed by atoms with Crippen LogP contribution >= 0.6 is 15.9 Å². The van der Waals surface area contributed by atoms with E-state index in [-0.39, 0.29) is 11.4 Å². The van der Waals surface area contributed by atoms with Crippen LogP contribution in [-0.4, -0.2) is 36.0 Å². The van der Waals surface area contributed by atoms with Gasteiger partial charge in [0.25, 0.3) is 0 Å². The zero-order chi connectivity index (χ0) is 14.0. The minimum atomic E-state index is -0.102. The number of carbonyl (C=O) groups excluding carboxylic acids is 1. The Labute approximate surface area is 123 Å². The van der Waals surface area contributed by atoms with Gasteiger partial charge in [0.05, 0.1) is 6.42 Å². The van der Waals surface area contributed by atoms with Crippen molar-refractivity contribution >= 4 is 21.8 Å². The first-order valence-corrected chi connectivity index (χ1v) is 7.46. The molecule has 1 heterocycles. The number of carbonyl (C=O) groups is 1. The smallest absolute Gasteiger partial charge is 0.227 e. The van der Waals surface area contributed by atoms with E-state index in [9.17, 15) is 4.79 Å². The molecule has 1 aromatic carbocycles. The topological polar surface area (TPSA) is 32.3 Å². The van der Waals surface area contributed by atoms with E-state index in [1.807, 2.05) is 17.0 Å². The van der Waals surface area contributed by atoms with Crippen LogP contribution in [0.2, 0.25) is 0 Å². The van der Waals surface area contributed by atoms with Crippen molar-refractivity contribution in [2.24, 2.45) is 0 Å². The molecule has 0 atom stereocenters. The molecular weight excluding hydrogens is 304 g/mol. The lowest BCUT2D eigenvalue weighted by molar-refractivity contribution is -0.136. The van der Waals surface area contributed by atoms with Crippen LogP contribution < -0.4 is 5.32 Å². The summed E-state index contributed by atoms with van der Waals surface area (Å²) in [6, 6.07) is 6.11. The van der Waals surface area contributed by atoms with Crippen LogP contribution in [0, 0.1) is 6.92 Å². The Bertz CT molecular complexity index is 485.